The fraction of sp³-hybridized carbons (Fsp3) is 0.286. The largest absolute Gasteiger partial charge is 0.463 e. The molecule has 3 heterocycles. The van der Waals surface area contributed by atoms with E-state index >= 15 is 0 Å². The van der Waals surface area contributed by atoms with Crippen molar-refractivity contribution in [3.63, 3.8) is 0 Å². The van der Waals surface area contributed by atoms with E-state index in [1.54, 1.807) is 19.1 Å². The molecule has 0 fully saturated rings. The number of fused-ring (bicyclic) bond motifs is 4. The lowest BCUT2D eigenvalue weighted by Gasteiger charge is -2.14. The predicted molar refractivity (Wildman–Crippen MR) is 106 cm³/mol. The Hall–Kier alpha value is -2.77. The summed E-state index contributed by atoms with van der Waals surface area (Å²) in [6.07, 6.45) is -0.948. The number of hydrogen-bond donors (Lipinski definition) is 1. The van der Waals surface area contributed by atoms with Crippen LogP contribution in [0, 0.1) is 12.7 Å². The normalized spacial score (nSPS) is 13.3. The first-order valence-electron chi connectivity index (χ1n) is 9.05. The number of aromatic nitrogens is 2. The van der Waals surface area contributed by atoms with Crippen molar-refractivity contribution in [3.8, 4) is 11.4 Å². The third-order valence-electron chi connectivity index (χ3n) is 5.36. The van der Waals surface area contributed by atoms with Crippen LogP contribution in [0.25, 0.3) is 22.3 Å². The van der Waals surface area contributed by atoms with Gasteiger partial charge in [0.05, 0.1) is 35.1 Å². The highest BCUT2D eigenvalue weighted by atomic mass is 35.5. The van der Waals surface area contributed by atoms with Crippen LogP contribution in [0.5, 0.6) is 0 Å². The smallest absolute Gasteiger partial charge is 0.293 e. The molecule has 3 aromatic rings. The van der Waals surface area contributed by atoms with Gasteiger partial charge in [-0.05, 0) is 42.7 Å². The van der Waals surface area contributed by atoms with Gasteiger partial charge < -0.3 is 14.4 Å². The van der Waals surface area contributed by atoms with Crippen molar-refractivity contribution in [2.24, 2.45) is 0 Å². The molecular weight excluding hydrogens is 399 g/mol. The molecule has 0 spiro atoms. The summed E-state index contributed by atoms with van der Waals surface area (Å²) in [6.45, 7) is 3.48. The van der Waals surface area contributed by atoms with Crippen molar-refractivity contribution in [3.05, 3.63) is 62.2 Å². The van der Waals surface area contributed by atoms with Crippen molar-refractivity contribution < 1.29 is 19.0 Å². The van der Waals surface area contributed by atoms with Crippen LogP contribution in [0.3, 0.4) is 0 Å². The van der Waals surface area contributed by atoms with Gasteiger partial charge in [0.2, 0.25) is 0 Å². The molecule has 4 rings (SSSR count). The number of carbonyl (C=O) groups is 1. The first-order valence-corrected chi connectivity index (χ1v) is 9.58. The van der Waals surface area contributed by atoms with E-state index in [9.17, 15) is 19.1 Å². The average molecular weight is 417 g/mol. The van der Waals surface area contributed by atoms with E-state index in [2.05, 4.69) is 4.98 Å². The maximum absolute atomic E-state index is 14.1. The van der Waals surface area contributed by atoms with Crippen LogP contribution < -0.4 is 5.56 Å². The minimum absolute atomic E-state index is 0.180. The number of ether oxygens (including phenoxy) is 1. The van der Waals surface area contributed by atoms with Crippen LogP contribution in [0.1, 0.15) is 40.8 Å². The molecule has 0 saturated heterocycles. The Labute approximate surface area is 170 Å². The summed E-state index contributed by atoms with van der Waals surface area (Å²) < 4.78 is 20.4. The van der Waals surface area contributed by atoms with Gasteiger partial charge in [-0.25, -0.2) is 9.37 Å². The number of carbonyl (C=O) groups excluding carboxylic acids is 1. The first-order chi connectivity index (χ1) is 13.9. The number of pyridine rings is 2. The van der Waals surface area contributed by atoms with E-state index in [4.69, 9.17) is 16.3 Å². The summed E-state index contributed by atoms with van der Waals surface area (Å²) in [6, 6.07) is 4.75. The maximum Gasteiger partial charge on any atom is 0.293 e. The van der Waals surface area contributed by atoms with Gasteiger partial charge in [0.25, 0.3) is 12.0 Å². The molecule has 1 aliphatic rings. The van der Waals surface area contributed by atoms with E-state index < -0.39 is 6.10 Å². The van der Waals surface area contributed by atoms with Crippen molar-refractivity contribution >= 4 is 29.0 Å². The number of alkyl halides is 1. The summed E-state index contributed by atoms with van der Waals surface area (Å²) in [5.41, 5.74) is 3.79. The average Bonchev–Trinajstić information content (AvgIpc) is 3.05. The van der Waals surface area contributed by atoms with Crippen LogP contribution in [-0.2, 0) is 28.6 Å². The molecular formula is C21H18ClFN2O4. The van der Waals surface area contributed by atoms with Crippen molar-refractivity contribution in [1.82, 2.24) is 9.55 Å². The van der Waals surface area contributed by atoms with Crippen molar-refractivity contribution in [1.29, 1.82) is 0 Å². The quantitative estimate of drug-likeness (QED) is 0.398. The lowest BCUT2D eigenvalue weighted by Crippen LogP contribution is -2.26. The number of aliphatic hydroxyl groups is 1. The topological polar surface area (TPSA) is 81.4 Å². The summed E-state index contributed by atoms with van der Waals surface area (Å²) in [5, 5.41) is 10.9. The van der Waals surface area contributed by atoms with Gasteiger partial charge >= 0.3 is 0 Å². The summed E-state index contributed by atoms with van der Waals surface area (Å²) >= 11 is 6.24. The Bertz CT molecular complexity index is 1220. The lowest BCUT2D eigenvalue weighted by molar-refractivity contribution is -0.129. The first kappa shape index (κ1) is 19.5. The van der Waals surface area contributed by atoms with E-state index in [0.717, 1.165) is 16.5 Å². The molecule has 0 bridgehead atoms. The molecule has 6 nitrogen and oxygen atoms in total. The van der Waals surface area contributed by atoms with Crippen LogP contribution in [-0.4, -0.2) is 21.1 Å². The maximum atomic E-state index is 14.1. The fourth-order valence-corrected chi connectivity index (χ4v) is 4.19. The van der Waals surface area contributed by atoms with E-state index in [1.165, 1.54) is 17.6 Å². The van der Waals surface area contributed by atoms with E-state index in [-0.39, 0.29) is 42.4 Å². The van der Waals surface area contributed by atoms with Gasteiger partial charge in [-0.3, -0.25) is 9.59 Å². The summed E-state index contributed by atoms with van der Waals surface area (Å²) in [7, 11) is 0. The molecule has 1 unspecified atom stereocenters. The van der Waals surface area contributed by atoms with Crippen molar-refractivity contribution in [2.45, 2.75) is 39.0 Å². The number of rotatable bonds is 5. The van der Waals surface area contributed by atoms with Crippen molar-refractivity contribution in [2.75, 3.05) is 0 Å². The molecule has 1 aliphatic heterocycles. The second kappa shape index (κ2) is 7.24. The van der Waals surface area contributed by atoms with E-state index in [0.29, 0.717) is 28.0 Å². The molecule has 0 amide bonds. The molecule has 8 heteroatoms. The number of hydrogen-bond acceptors (Lipinski definition) is 5. The number of benzene rings is 1. The third kappa shape index (κ3) is 3.01. The zero-order chi connectivity index (χ0) is 20.9. The predicted octanol–water partition coefficient (Wildman–Crippen LogP) is 3.34. The lowest BCUT2D eigenvalue weighted by atomic mass is 9.99. The Morgan fingerprint density at radius 3 is 2.79 bits per heavy atom. The van der Waals surface area contributed by atoms with Crippen LogP contribution >= 0.6 is 11.6 Å². The van der Waals surface area contributed by atoms with Gasteiger partial charge in [0.1, 0.15) is 12.4 Å². The Kier molecular flexibility index (Phi) is 4.88. The minimum Gasteiger partial charge on any atom is -0.463 e. The third-order valence-corrected chi connectivity index (χ3v) is 5.62. The number of aliphatic hydroxyl groups excluding tert-OH is 1. The SMILES string of the molecule is Cc1cc2c(CCl)c3c(nc2cc1F)-c1cc(C(C)O)c(COC=O)c(=O)n1C3. The van der Waals surface area contributed by atoms with Gasteiger partial charge in [-0.15, -0.1) is 11.6 Å². The standard InChI is InChI=1S/C21H18ClFN2O4/c1-10-3-13-14(6-22)15-7-25-19(20(15)24-18(13)5-17(10)23)4-12(11(2)27)16(21(25)28)8-29-9-26/h3-5,9,11,27H,6-8H2,1-2H3. The zero-order valence-electron chi connectivity index (χ0n) is 15.8. The zero-order valence-corrected chi connectivity index (χ0v) is 16.6. The molecule has 1 atom stereocenters. The van der Waals surface area contributed by atoms with Gasteiger partial charge in [-0.1, -0.05) is 0 Å². The molecule has 0 radical (unpaired) electrons. The number of nitrogens with zero attached hydrogens (tertiary/aromatic N) is 2. The van der Waals surface area contributed by atoms with Gasteiger partial charge in [-0.2, -0.15) is 0 Å². The van der Waals surface area contributed by atoms with Gasteiger partial charge in [0.15, 0.2) is 0 Å². The number of halogens is 2. The second-order valence-corrected chi connectivity index (χ2v) is 7.37. The van der Waals surface area contributed by atoms with Crippen LogP contribution in [0.2, 0.25) is 0 Å². The minimum atomic E-state index is -0.948. The van der Waals surface area contributed by atoms with Gasteiger partial charge in [0, 0.05) is 22.9 Å². The highest BCUT2D eigenvalue weighted by molar-refractivity contribution is 6.18. The highest BCUT2D eigenvalue weighted by Gasteiger charge is 2.29. The summed E-state index contributed by atoms with van der Waals surface area (Å²) in [5.74, 6) is -0.189. The molecule has 1 N–H and O–H groups in total. The molecule has 0 aliphatic carbocycles. The monoisotopic (exact) mass is 416 g/mol. The number of aryl methyl sites for hydroxylation is 1. The highest BCUT2D eigenvalue weighted by Crippen LogP contribution is 2.38. The molecule has 0 saturated carbocycles. The fourth-order valence-electron chi connectivity index (χ4n) is 3.89. The second-order valence-electron chi connectivity index (χ2n) is 7.11. The Morgan fingerprint density at radius 2 is 2.14 bits per heavy atom. The molecule has 29 heavy (non-hydrogen) atoms. The van der Waals surface area contributed by atoms with Crippen LogP contribution in [0.15, 0.2) is 23.0 Å². The summed E-state index contributed by atoms with van der Waals surface area (Å²) in [4.78, 5) is 28.3. The van der Waals surface area contributed by atoms with E-state index in [1.807, 2.05) is 0 Å². The molecule has 150 valence electrons. The molecule has 1 aromatic carbocycles. The Morgan fingerprint density at radius 1 is 1.38 bits per heavy atom. The van der Waals surface area contributed by atoms with Crippen LogP contribution in [0.4, 0.5) is 4.39 Å². The Balaban J connectivity index is 2.02. The molecule has 2 aromatic heterocycles.